The number of unbranched alkanes of at least 4 members (excludes halogenated alkanes) is 3. The standard InChI is InChI=1S/C6H14O.C4H10O/c1-2-3-4-5-6-7;1-4(2,3)5/h7H,2-6H2,1H3;5H,1-3H3. The fourth-order valence-corrected chi connectivity index (χ4v) is 0.539. The van der Waals surface area contributed by atoms with Crippen LogP contribution >= 0.6 is 0 Å². The van der Waals surface area contributed by atoms with Crippen LogP contribution in [0.15, 0.2) is 0 Å². The highest BCUT2D eigenvalue weighted by atomic mass is 16.3. The highest BCUT2D eigenvalue weighted by Crippen LogP contribution is 1.96. The van der Waals surface area contributed by atoms with Gasteiger partial charge in [0.2, 0.25) is 0 Å². The zero-order valence-electron chi connectivity index (χ0n) is 8.93. The van der Waals surface area contributed by atoms with Crippen LogP contribution in [-0.2, 0) is 0 Å². The van der Waals surface area contributed by atoms with Gasteiger partial charge in [-0.3, -0.25) is 0 Å². The molecular formula is C10H24O2. The summed E-state index contributed by atoms with van der Waals surface area (Å²) >= 11 is 0. The van der Waals surface area contributed by atoms with E-state index in [1.54, 1.807) is 20.8 Å². The largest absolute Gasteiger partial charge is 0.396 e. The van der Waals surface area contributed by atoms with Crippen molar-refractivity contribution in [3.63, 3.8) is 0 Å². The van der Waals surface area contributed by atoms with Gasteiger partial charge in [0.1, 0.15) is 0 Å². The van der Waals surface area contributed by atoms with Gasteiger partial charge in [0.25, 0.3) is 0 Å². The molecule has 0 aliphatic carbocycles. The molecule has 0 unspecified atom stereocenters. The molecule has 12 heavy (non-hydrogen) atoms. The lowest BCUT2D eigenvalue weighted by molar-refractivity contribution is 0.102. The van der Waals surface area contributed by atoms with Crippen LogP contribution in [0.25, 0.3) is 0 Å². The van der Waals surface area contributed by atoms with Crippen LogP contribution in [0.5, 0.6) is 0 Å². The lowest BCUT2D eigenvalue weighted by Crippen LogP contribution is -2.10. The number of aliphatic hydroxyl groups is 2. The molecule has 0 bridgehead atoms. The number of rotatable bonds is 4. The van der Waals surface area contributed by atoms with E-state index in [0.29, 0.717) is 6.61 Å². The minimum atomic E-state index is -0.500. The van der Waals surface area contributed by atoms with Crippen LogP contribution in [0.4, 0.5) is 0 Å². The smallest absolute Gasteiger partial charge is 0.0563 e. The molecule has 0 fully saturated rings. The monoisotopic (exact) mass is 176 g/mol. The van der Waals surface area contributed by atoms with Crippen molar-refractivity contribution in [2.75, 3.05) is 6.61 Å². The molecule has 2 heteroatoms. The molecule has 0 aliphatic rings. The Bertz CT molecular complexity index is 64.4. The molecule has 0 aromatic heterocycles. The normalized spacial score (nSPS) is 10.5. The predicted molar refractivity (Wildman–Crippen MR) is 53.2 cm³/mol. The second kappa shape index (κ2) is 9.01. The fraction of sp³-hybridized carbons (Fsp3) is 1.00. The minimum absolute atomic E-state index is 0.361. The molecule has 0 aromatic rings. The first-order valence-corrected chi connectivity index (χ1v) is 4.75. The van der Waals surface area contributed by atoms with E-state index in [9.17, 15) is 0 Å². The van der Waals surface area contributed by atoms with Gasteiger partial charge in [-0.25, -0.2) is 0 Å². The first kappa shape index (κ1) is 14.4. The van der Waals surface area contributed by atoms with E-state index < -0.39 is 5.60 Å². The third kappa shape index (κ3) is 51.4. The van der Waals surface area contributed by atoms with Crippen LogP contribution in [-0.4, -0.2) is 22.4 Å². The Morgan fingerprint density at radius 2 is 1.42 bits per heavy atom. The molecule has 0 spiro atoms. The van der Waals surface area contributed by atoms with Crippen molar-refractivity contribution in [1.82, 2.24) is 0 Å². The van der Waals surface area contributed by atoms with Gasteiger partial charge in [-0.15, -0.1) is 0 Å². The molecule has 2 nitrogen and oxygen atoms in total. The van der Waals surface area contributed by atoms with Crippen LogP contribution in [0.3, 0.4) is 0 Å². The molecule has 0 atom stereocenters. The van der Waals surface area contributed by atoms with Crippen molar-refractivity contribution in [3.8, 4) is 0 Å². The minimum Gasteiger partial charge on any atom is -0.396 e. The third-order valence-corrected chi connectivity index (χ3v) is 1.01. The molecule has 0 rings (SSSR count). The van der Waals surface area contributed by atoms with E-state index in [2.05, 4.69) is 6.92 Å². The summed E-state index contributed by atoms with van der Waals surface area (Å²) in [6.45, 7) is 7.75. The summed E-state index contributed by atoms with van der Waals surface area (Å²) in [4.78, 5) is 0. The maximum Gasteiger partial charge on any atom is 0.0563 e. The molecular weight excluding hydrogens is 152 g/mol. The van der Waals surface area contributed by atoms with E-state index in [4.69, 9.17) is 10.2 Å². The summed E-state index contributed by atoms with van der Waals surface area (Å²) in [5.74, 6) is 0. The highest BCUT2D eigenvalue weighted by molar-refractivity contribution is 4.50. The van der Waals surface area contributed by atoms with Crippen molar-refractivity contribution < 1.29 is 10.2 Å². The summed E-state index contributed by atoms with van der Waals surface area (Å²) in [5, 5.41) is 16.8. The summed E-state index contributed by atoms with van der Waals surface area (Å²) in [7, 11) is 0. The van der Waals surface area contributed by atoms with Gasteiger partial charge in [0.05, 0.1) is 5.60 Å². The van der Waals surface area contributed by atoms with Crippen molar-refractivity contribution in [2.45, 2.75) is 59.0 Å². The van der Waals surface area contributed by atoms with Gasteiger partial charge in [-0.2, -0.15) is 0 Å². The van der Waals surface area contributed by atoms with Crippen molar-refractivity contribution in [3.05, 3.63) is 0 Å². The summed E-state index contributed by atoms with van der Waals surface area (Å²) in [6.07, 6.45) is 4.68. The van der Waals surface area contributed by atoms with E-state index >= 15 is 0 Å². The maximum atomic E-state index is 8.52. The van der Waals surface area contributed by atoms with Gasteiger partial charge in [0.15, 0.2) is 0 Å². The van der Waals surface area contributed by atoms with Gasteiger partial charge in [-0.05, 0) is 27.2 Å². The van der Waals surface area contributed by atoms with Crippen LogP contribution in [0, 0.1) is 0 Å². The summed E-state index contributed by atoms with van der Waals surface area (Å²) in [6, 6.07) is 0. The van der Waals surface area contributed by atoms with Crippen LogP contribution in [0.1, 0.15) is 53.4 Å². The average Bonchev–Trinajstić information content (AvgIpc) is 1.85. The van der Waals surface area contributed by atoms with Gasteiger partial charge < -0.3 is 10.2 Å². The zero-order valence-corrected chi connectivity index (χ0v) is 8.93. The molecule has 76 valence electrons. The first-order chi connectivity index (χ1) is 5.41. The van der Waals surface area contributed by atoms with Gasteiger partial charge in [0, 0.05) is 6.61 Å². The van der Waals surface area contributed by atoms with E-state index in [0.717, 1.165) is 6.42 Å². The Hall–Kier alpha value is -0.0800. The Kier molecular flexibility index (Phi) is 10.8. The van der Waals surface area contributed by atoms with Crippen molar-refractivity contribution in [2.24, 2.45) is 0 Å². The molecule has 0 aliphatic heterocycles. The third-order valence-electron chi connectivity index (χ3n) is 1.01. The van der Waals surface area contributed by atoms with Gasteiger partial charge >= 0.3 is 0 Å². The van der Waals surface area contributed by atoms with Crippen molar-refractivity contribution in [1.29, 1.82) is 0 Å². The molecule has 0 saturated carbocycles. The Balaban J connectivity index is 0. The Morgan fingerprint density at radius 1 is 1.00 bits per heavy atom. The molecule has 0 aromatic carbocycles. The molecule has 0 radical (unpaired) electrons. The number of hydrogen-bond acceptors (Lipinski definition) is 2. The Morgan fingerprint density at radius 3 is 1.67 bits per heavy atom. The molecule has 0 saturated heterocycles. The summed E-state index contributed by atoms with van der Waals surface area (Å²) < 4.78 is 0. The predicted octanol–water partition coefficient (Wildman–Crippen LogP) is 2.34. The lowest BCUT2D eigenvalue weighted by Gasteiger charge is -2.04. The Labute approximate surface area is 76.6 Å². The molecule has 2 N–H and O–H groups in total. The van der Waals surface area contributed by atoms with E-state index in [1.165, 1.54) is 19.3 Å². The average molecular weight is 176 g/mol. The zero-order chi connectivity index (χ0) is 10.0. The lowest BCUT2D eigenvalue weighted by atomic mass is 10.2. The quantitative estimate of drug-likeness (QED) is 0.645. The molecule has 0 amide bonds. The summed E-state index contributed by atoms with van der Waals surface area (Å²) in [5.41, 5.74) is -0.500. The SMILES string of the molecule is CC(C)(C)O.CCCCCCO. The number of hydrogen-bond donors (Lipinski definition) is 2. The van der Waals surface area contributed by atoms with Gasteiger partial charge in [-0.1, -0.05) is 26.2 Å². The molecule has 0 heterocycles. The maximum absolute atomic E-state index is 8.52. The van der Waals surface area contributed by atoms with Crippen LogP contribution < -0.4 is 0 Å². The van der Waals surface area contributed by atoms with E-state index in [1.807, 2.05) is 0 Å². The number of aliphatic hydroxyl groups excluding tert-OH is 1. The fourth-order valence-electron chi connectivity index (χ4n) is 0.539. The highest BCUT2D eigenvalue weighted by Gasteiger charge is 1.97. The first-order valence-electron chi connectivity index (χ1n) is 4.75. The topological polar surface area (TPSA) is 40.5 Å². The van der Waals surface area contributed by atoms with Crippen molar-refractivity contribution >= 4 is 0 Å². The second-order valence-corrected chi connectivity index (χ2v) is 3.96. The van der Waals surface area contributed by atoms with Crippen LogP contribution in [0.2, 0.25) is 0 Å². The second-order valence-electron chi connectivity index (χ2n) is 3.96. The van der Waals surface area contributed by atoms with E-state index in [-0.39, 0.29) is 0 Å².